The van der Waals surface area contributed by atoms with Crippen LogP contribution in [0.4, 0.5) is 4.79 Å². The second-order valence-corrected chi connectivity index (χ2v) is 6.18. The predicted molar refractivity (Wildman–Crippen MR) is 75.8 cm³/mol. The molecule has 1 saturated heterocycles. The van der Waals surface area contributed by atoms with Crippen molar-refractivity contribution < 1.29 is 24.2 Å². The summed E-state index contributed by atoms with van der Waals surface area (Å²) in [6.45, 7) is 7.41. The maximum atomic E-state index is 12.3. The molecule has 1 aliphatic heterocycles. The molecule has 2 amide bonds. The van der Waals surface area contributed by atoms with Gasteiger partial charge in [-0.25, -0.2) is 9.59 Å². The van der Waals surface area contributed by atoms with Crippen molar-refractivity contribution in [2.75, 3.05) is 13.1 Å². The highest BCUT2D eigenvalue weighted by atomic mass is 16.6. The fourth-order valence-electron chi connectivity index (χ4n) is 2.50. The third-order valence-electron chi connectivity index (χ3n) is 3.41. The number of carbonyl (C=O) groups is 3. The van der Waals surface area contributed by atoms with Gasteiger partial charge in [0, 0.05) is 6.54 Å². The molecule has 1 fully saturated rings. The number of ether oxygens (including phenoxy) is 1. The molecule has 0 aromatic heterocycles. The normalized spacial score (nSPS) is 22.0. The summed E-state index contributed by atoms with van der Waals surface area (Å²) in [6.07, 6.45) is 0.225. The summed E-state index contributed by atoms with van der Waals surface area (Å²) in [6, 6.07) is -0.627. The van der Waals surface area contributed by atoms with E-state index in [4.69, 9.17) is 9.84 Å². The van der Waals surface area contributed by atoms with Gasteiger partial charge >= 0.3 is 12.1 Å². The van der Waals surface area contributed by atoms with Crippen molar-refractivity contribution in [2.24, 2.45) is 5.92 Å². The predicted octanol–water partition coefficient (Wildman–Crippen LogP) is 1.22. The average Bonchev–Trinajstić information content (AvgIpc) is 2.77. The van der Waals surface area contributed by atoms with Gasteiger partial charge in [0.05, 0.1) is 0 Å². The molecule has 0 bridgehead atoms. The van der Waals surface area contributed by atoms with Crippen molar-refractivity contribution in [3.05, 3.63) is 0 Å². The molecule has 1 heterocycles. The summed E-state index contributed by atoms with van der Waals surface area (Å²) in [4.78, 5) is 36.3. The summed E-state index contributed by atoms with van der Waals surface area (Å²) in [5, 5.41) is 10.6. The molecule has 0 radical (unpaired) electrons. The van der Waals surface area contributed by atoms with Crippen LogP contribution in [0.3, 0.4) is 0 Å². The van der Waals surface area contributed by atoms with E-state index in [0.717, 1.165) is 12.8 Å². The third kappa shape index (κ3) is 4.91. The van der Waals surface area contributed by atoms with Crippen molar-refractivity contribution in [1.82, 2.24) is 10.2 Å². The second kappa shape index (κ2) is 6.78. The molecule has 7 nitrogen and oxygen atoms in total. The van der Waals surface area contributed by atoms with Crippen LogP contribution in [-0.4, -0.2) is 52.7 Å². The molecular weight excluding hydrogens is 276 g/mol. The summed E-state index contributed by atoms with van der Waals surface area (Å²) in [5.41, 5.74) is -0.619. The third-order valence-corrected chi connectivity index (χ3v) is 3.41. The van der Waals surface area contributed by atoms with E-state index in [-0.39, 0.29) is 12.5 Å². The van der Waals surface area contributed by atoms with Crippen LogP contribution in [0.25, 0.3) is 0 Å². The van der Waals surface area contributed by atoms with E-state index >= 15 is 0 Å². The van der Waals surface area contributed by atoms with Gasteiger partial charge in [0.25, 0.3) is 0 Å². The molecule has 0 aliphatic carbocycles. The number of likely N-dealkylation sites (tertiary alicyclic amines) is 1. The van der Waals surface area contributed by atoms with Gasteiger partial charge in [0.15, 0.2) is 0 Å². The fourth-order valence-corrected chi connectivity index (χ4v) is 2.50. The Morgan fingerprint density at radius 1 is 1.33 bits per heavy atom. The molecule has 0 aromatic carbocycles. The van der Waals surface area contributed by atoms with Gasteiger partial charge in [0.1, 0.15) is 18.2 Å². The molecule has 2 N–H and O–H groups in total. The minimum absolute atomic E-state index is 0.0497. The highest BCUT2D eigenvalue weighted by molar-refractivity contribution is 5.88. The van der Waals surface area contributed by atoms with Crippen LogP contribution in [0.5, 0.6) is 0 Å². The van der Waals surface area contributed by atoms with E-state index in [0.29, 0.717) is 6.54 Å². The summed E-state index contributed by atoms with van der Waals surface area (Å²) < 4.78 is 5.39. The van der Waals surface area contributed by atoms with Crippen molar-refractivity contribution in [3.63, 3.8) is 0 Å². The van der Waals surface area contributed by atoms with Gasteiger partial charge in [-0.1, -0.05) is 13.3 Å². The first kappa shape index (κ1) is 17.3. The smallest absolute Gasteiger partial charge is 0.405 e. The molecule has 2 unspecified atom stereocenters. The molecule has 1 rings (SSSR count). The number of nitrogens with zero attached hydrogens (tertiary/aromatic N) is 1. The fraction of sp³-hybridized carbons (Fsp3) is 0.786. The van der Waals surface area contributed by atoms with Crippen LogP contribution in [-0.2, 0) is 14.3 Å². The van der Waals surface area contributed by atoms with Crippen LogP contribution < -0.4 is 5.32 Å². The maximum absolute atomic E-state index is 12.3. The van der Waals surface area contributed by atoms with E-state index < -0.39 is 29.6 Å². The first-order chi connectivity index (χ1) is 9.65. The quantitative estimate of drug-likeness (QED) is 0.761. The Balaban J connectivity index is 2.80. The Morgan fingerprint density at radius 3 is 2.43 bits per heavy atom. The summed E-state index contributed by atoms with van der Waals surface area (Å²) in [5.74, 6) is -0.770. The number of hydrogen-bond donors (Lipinski definition) is 2. The summed E-state index contributed by atoms with van der Waals surface area (Å²) >= 11 is 0. The zero-order chi connectivity index (χ0) is 16.2. The largest absolute Gasteiger partial charge is 0.465 e. The minimum Gasteiger partial charge on any atom is -0.465 e. The van der Waals surface area contributed by atoms with Gasteiger partial charge in [-0.3, -0.25) is 4.79 Å². The summed E-state index contributed by atoms with van der Waals surface area (Å²) in [7, 11) is 0. The lowest BCUT2D eigenvalue weighted by atomic mass is 9.97. The molecule has 1 aliphatic rings. The number of rotatable bonds is 4. The number of hydrogen-bond acceptors (Lipinski definition) is 4. The van der Waals surface area contributed by atoms with Crippen molar-refractivity contribution in [3.8, 4) is 0 Å². The highest BCUT2D eigenvalue weighted by Crippen LogP contribution is 2.29. The van der Waals surface area contributed by atoms with Gasteiger partial charge in [-0.15, -0.1) is 0 Å². The van der Waals surface area contributed by atoms with Crippen molar-refractivity contribution in [2.45, 2.75) is 52.2 Å². The van der Waals surface area contributed by atoms with Gasteiger partial charge in [0.2, 0.25) is 5.91 Å². The zero-order valence-corrected chi connectivity index (χ0v) is 13.0. The number of nitrogens with one attached hydrogen (secondary N) is 1. The van der Waals surface area contributed by atoms with Crippen LogP contribution >= 0.6 is 0 Å². The number of carbonyl (C=O) groups excluding carboxylic acids is 2. The molecule has 7 heteroatoms. The van der Waals surface area contributed by atoms with E-state index in [1.54, 1.807) is 20.8 Å². The molecule has 0 saturated carbocycles. The Hall–Kier alpha value is -1.79. The van der Waals surface area contributed by atoms with Gasteiger partial charge < -0.3 is 20.1 Å². The molecule has 0 spiro atoms. The van der Waals surface area contributed by atoms with Crippen LogP contribution in [0, 0.1) is 5.92 Å². The Morgan fingerprint density at radius 2 is 1.95 bits per heavy atom. The van der Waals surface area contributed by atoms with Crippen molar-refractivity contribution in [1.29, 1.82) is 0 Å². The average molecular weight is 300 g/mol. The lowest BCUT2D eigenvalue weighted by Gasteiger charge is -2.29. The Kier molecular flexibility index (Phi) is 5.57. The second-order valence-electron chi connectivity index (χ2n) is 6.18. The van der Waals surface area contributed by atoms with Crippen LogP contribution in [0.1, 0.15) is 40.5 Å². The van der Waals surface area contributed by atoms with Crippen LogP contribution in [0.15, 0.2) is 0 Å². The van der Waals surface area contributed by atoms with Crippen molar-refractivity contribution >= 4 is 18.0 Å². The highest BCUT2D eigenvalue weighted by Gasteiger charge is 2.42. The van der Waals surface area contributed by atoms with E-state index in [9.17, 15) is 14.4 Å². The Bertz CT molecular complexity index is 416. The number of esters is 1. The molecule has 0 aromatic rings. The van der Waals surface area contributed by atoms with Gasteiger partial charge in [-0.2, -0.15) is 0 Å². The number of amides is 2. The Labute approximate surface area is 124 Å². The standard InChI is InChI=1S/C14H24N2O5/c1-5-9-6-7-16(10(17)8-15-13(19)20)11(9)12(18)21-14(2,3)4/h9,11,15H,5-8H2,1-4H3,(H,19,20). The van der Waals surface area contributed by atoms with E-state index in [1.165, 1.54) is 4.90 Å². The van der Waals surface area contributed by atoms with E-state index in [2.05, 4.69) is 0 Å². The zero-order valence-electron chi connectivity index (χ0n) is 13.0. The number of carboxylic acid groups (broad SMARTS) is 1. The monoisotopic (exact) mass is 300 g/mol. The first-order valence-electron chi connectivity index (χ1n) is 7.14. The molecule has 120 valence electrons. The van der Waals surface area contributed by atoms with Crippen LogP contribution in [0.2, 0.25) is 0 Å². The molecule has 21 heavy (non-hydrogen) atoms. The van der Waals surface area contributed by atoms with E-state index in [1.807, 2.05) is 12.2 Å². The minimum atomic E-state index is -1.26. The lowest BCUT2D eigenvalue weighted by Crippen LogP contribution is -2.49. The lowest BCUT2D eigenvalue weighted by molar-refractivity contribution is -0.164. The molecular formula is C14H24N2O5. The SMILES string of the molecule is CCC1CCN(C(=O)CNC(=O)O)C1C(=O)OC(C)(C)C. The molecule has 2 atom stereocenters. The maximum Gasteiger partial charge on any atom is 0.405 e. The first-order valence-corrected chi connectivity index (χ1v) is 7.14. The van der Waals surface area contributed by atoms with Gasteiger partial charge in [-0.05, 0) is 33.1 Å². The topological polar surface area (TPSA) is 95.9 Å².